The van der Waals surface area contributed by atoms with E-state index in [2.05, 4.69) is 29.7 Å². The van der Waals surface area contributed by atoms with Gasteiger partial charge in [-0.25, -0.2) is 9.98 Å². The molecule has 176 valence electrons. The minimum atomic E-state index is -0.332. The summed E-state index contributed by atoms with van der Waals surface area (Å²) in [5.74, 6) is 1.88. The number of nitrogens with one attached hydrogen (secondary N) is 2. The molecule has 1 aromatic carbocycles. The lowest BCUT2D eigenvalue weighted by Crippen LogP contribution is -2.49. The first kappa shape index (κ1) is 26.2. The highest BCUT2D eigenvalue weighted by Crippen LogP contribution is 2.38. The number of hydrogen-bond acceptors (Lipinski definition) is 4. The molecule has 0 unspecified atom stereocenters. The smallest absolute Gasteiger partial charge is 0.230 e. The number of hydrogen-bond donors (Lipinski definition) is 2. The highest BCUT2D eigenvalue weighted by Gasteiger charge is 2.42. The van der Waals surface area contributed by atoms with Crippen molar-refractivity contribution < 1.29 is 4.79 Å². The van der Waals surface area contributed by atoms with Crippen molar-refractivity contribution in [2.24, 2.45) is 10.4 Å². The van der Waals surface area contributed by atoms with Crippen LogP contribution in [0.1, 0.15) is 38.2 Å². The van der Waals surface area contributed by atoms with Gasteiger partial charge in [0.25, 0.3) is 0 Å². The maximum atomic E-state index is 12.9. The van der Waals surface area contributed by atoms with Crippen molar-refractivity contribution in [3.8, 4) is 0 Å². The number of carbonyl (C=O) groups excluding carboxylic acids is 1. The van der Waals surface area contributed by atoms with Gasteiger partial charge in [0.15, 0.2) is 5.96 Å². The van der Waals surface area contributed by atoms with Crippen molar-refractivity contribution in [1.82, 2.24) is 20.5 Å². The standard InChI is InChI=1S/C24H36N6O.HI/c1-6-25-23(27-17-24(13-9-10-14-24)22(31)30(4)5)26-16-18-15-21(29(2)3)28-20-12-8-7-11-19(18)20;/h7-8,11-12,15H,6,9-10,13-14,16-17H2,1-5H3,(H2,25,26,27);1H. The van der Waals surface area contributed by atoms with Crippen molar-refractivity contribution in [3.63, 3.8) is 0 Å². The summed E-state index contributed by atoms with van der Waals surface area (Å²) >= 11 is 0. The molecule has 0 bridgehead atoms. The second-order valence-electron chi connectivity index (χ2n) is 8.79. The molecule has 1 heterocycles. The van der Waals surface area contributed by atoms with Crippen molar-refractivity contribution >= 4 is 52.6 Å². The molecular weight excluding hydrogens is 515 g/mol. The quantitative estimate of drug-likeness (QED) is 0.312. The number of carbonyl (C=O) groups is 1. The third kappa shape index (κ3) is 6.02. The zero-order valence-corrected chi connectivity index (χ0v) is 22.3. The maximum Gasteiger partial charge on any atom is 0.230 e. The third-order valence-corrected chi connectivity index (χ3v) is 6.01. The van der Waals surface area contributed by atoms with Crippen LogP contribution in [0, 0.1) is 5.41 Å². The summed E-state index contributed by atoms with van der Waals surface area (Å²) < 4.78 is 0. The van der Waals surface area contributed by atoms with Gasteiger partial charge in [-0.05, 0) is 37.5 Å². The molecule has 1 fully saturated rings. The fourth-order valence-electron chi connectivity index (χ4n) is 4.34. The maximum absolute atomic E-state index is 12.9. The molecule has 0 aliphatic heterocycles. The lowest BCUT2D eigenvalue weighted by Gasteiger charge is -2.31. The number of fused-ring (bicyclic) bond motifs is 1. The molecule has 7 nitrogen and oxygen atoms in total. The first-order chi connectivity index (χ1) is 14.9. The van der Waals surface area contributed by atoms with E-state index in [1.54, 1.807) is 4.90 Å². The monoisotopic (exact) mass is 552 g/mol. The number of halogens is 1. The van der Waals surface area contributed by atoms with Gasteiger partial charge in [0, 0.05) is 46.7 Å². The van der Waals surface area contributed by atoms with Crippen LogP contribution in [0.25, 0.3) is 10.9 Å². The molecule has 1 aliphatic rings. The van der Waals surface area contributed by atoms with Gasteiger partial charge in [0.05, 0.1) is 17.5 Å². The lowest BCUT2D eigenvalue weighted by molar-refractivity contribution is -0.138. The van der Waals surface area contributed by atoms with Gasteiger partial charge in [-0.3, -0.25) is 4.79 Å². The highest BCUT2D eigenvalue weighted by atomic mass is 127. The van der Waals surface area contributed by atoms with Crippen molar-refractivity contribution in [2.75, 3.05) is 46.2 Å². The number of para-hydroxylation sites is 1. The van der Waals surface area contributed by atoms with Crippen LogP contribution in [0.2, 0.25) is 0 Å². The lowest BCUT2D eigenvalue weighted by atomic mass is 9.84. The molecule has 1 saturated carbocycles. The van der Waals surface area contributed by atoms with Gasteiger partial charge >= 0.3 is 0 Å². The molecule has 1 amide bonds. The summed E-state index contributed by atoms with van der Waals surface area (Å²) in [5.41, 5.74) is 1.77. The molecule has 2 N–H and O–H groups in total. The molecule has 0 saturated heterocycles. The predicted octanol–water partition coefficient (Wildman–Crippen LogP) is 3.62. The zero-order chi connectivity index (χ0) is 22.4. The van der Waals surface area contributed by atoms with E-state index in [0.29, 0.717) is 13.1 Å². The Hall–Kier alpha value is -2.10. The number of benzene rings is 1. The Bertz CT molecular complexity index is 937. The van der Waals surface area contributed by atoms with Crippen LogP contribution in [0.5, 0.6) is 0 Å². The summed E-state index contributed by atoms with van der Waals surface area (Å²) in [6.45, 7) is 3.96. The van der Waals surface area contributed by atoms with Crippen LogP contribution < -0.4 is 15.5 Å². The first-order valence-electron chi connectivity index (χ1n) is 11.2. The largest absolute Gasteiger partial charge is 0.363 e. The minimum absolute atomic E-state index is 0. The van der Waals surface area contributed by atoms with Gasteiger partial charge in [-0.2, -0.15) is 0 Å². The van der Waals surface area contributed by atoms with Gasteiger partial charge in [-0.1, -0.05) is 31.0 Å². The molecule has 0 spiro atoms. The van der Waals surface area contributed by atoms with Crippen LogP contribution >= 0.6 is 24.0 Å². The van der Waals surface area contributed by atoms with E-state index >= 15 is 0 Å². The van der Waals surface area contributed by atoms with E-state index in [-0.39, 0.29) is 35.3 Å². The van der Waals surface area contributed by atoms with Crippen LogP contribution in [-0.2, 0) is 11.3 Å². The average Bonchev–Trinajstić information content (AvgIpc) is 3.24. The van der Waals surface area contributed by atoms with Crippen molar-refractivity contribution in [1.29, 1.82) is 0 Å². The fraction of sp³-hybridized carbons (Fsp3) is 0.542. The molecule has 1 aliphatic carbocycles. The van der Waals surface area contributed by atoms with E-state index in [1.807, 2.05) is 51.3 Å². The highest BCUT2D eigenvalue weighted by molar-refractivity contribution is 14.0. The van der Waals surface area contributed by atoms with Crippen LogP contribution in [-0.4, -0.2) is 63.0 Å². The minimum Gasteiger partial charge on any atom is -0.363 e. The number of nitrogens with zero attached hydrogens (tertiary/aromatic N) is 4. The summed E-state index contributed by atoms with van der Waals surface area (Å²) in [6, 6.07) is 10.3. The number of rotatable bonds is 7. The SMILES string of the molecule is CCNC(=NCc1cc(N(C)C)nc2ccccc12)NCC1(C(=O)N(C)C)CCCC1.I. The Labute approximate surface area is 209 Å². The second-order valence-corrected chi connectivity index (χ2v) is 8.79. The van der Waals surface area contributed by atoms with E-state index in [4.69, 9.17) is 9.98 Å². The molecule has 8 heteroatoms. The Balaban J connectivity index is 0.00000363. The van der Waals surface area contributed by atoms with Crippen molar-refractivity contribution in [2.45, 2.75) is 39.2 Å². The van der Waals surface area contributed by atoms with Gasteiger partial charge in [0.1, 0.15) is 5.82 Å². The molecule has 32 heavy (non-hydrogen) atoms. The number of aromatic nitrogens is 1. The van der Waals surface area contributed by atoms with E-state index in [9.17, 15) is 4.79 Å². The van der Waals surface area contributed by atoms with Crippen LogP contribution in [0.3, 0.4) is 0 Å². The van der Waals surface area contributed by atoms with E-state index in [0.717, 1.165) is 60.5 Å². The number of aliphatic imine (C=N–C) groups is 1. The van der Waals surface area contributed by atoms with Crippen LogP contribution in [0.4, 0.5) is 5.82 Å². The topological polar surface area (TPSA) is 72.9 Å². The summed E-state index contributed by atoms with van der Waals surface area (Å²) in [7, 11) is 7.69. The van der Waals surface area contributed by atoms with Crippen molar-refractivity contribution in [3.05, 3.63) is 35.9 Å². The number of anilines is 1. The molecule has 0 radical (unpaired) electrons. The van der Waals surface area contributed by atoms with Crippen LogP contribution in [0.15, 0.2) is 35.3 Å². The second kappa shape index (κ2) is 11.7. The van der Waals surface area contributed by atoms with Gasteiger partial charge in [-0.15, -0.1) is 24.0 Å². The summed E-state index contributed by atoms with van der Waals surface area (Å²) in [6.07, 6.45) is 4.06. The predicted molar refractivity (Wildman–Crippen MR) is 144 cm³/mol. The van der Waals surface area contributed by atoms with E-state index in [1.165, 1.54) is 0 Å². The fourth-order valence-corrected chi connectivity index (χ4v) is 4.34. The first-order valence-corrected chi connectivity index (χ1v) is 11.2. The molecule has 1 aromatic heterocycles. The Morgan fingerprint density at radius 3 is 2.44 bits per heavy atom. The Kier molecular flexibility index (Phi) is 9.54. The third-order valence-electron chi connectivity index (χ3n) is 6.01. The van der Waals surface area contributed by atoms with E-state index < -0.39 is 0 Å². The summed E-state index contributed by atoms with van der Waals surface area (Å²) in [4.78, 5) is 26.2. The molecule has 3 rings (SSSR count). The average molecular weight is 553 g/mol. The summed E-state index contributed by atoms with van der Waals surface area (Å²) in [5, 5.41) is 7.91. The number of guanidine groups is 1. The molecular formula is C24H37IN6O. The van der Waals surface area contributed by atoms with Gasteiger partial charge in [0.2, 0.25) is 5.91 Å². The normalized spacial score (nSPS) is 15.2. The number of pyridine rings is 1. The zero-order valence-electron chi connectivity index (χ0n) is 19.9. The van der Waals surface area contributed by atoms with Gasteiger partial charge < -0.3 is 20.4 Å². The Morgan fingerprint density at radius 2 is 1.81 bits per heavy atom. The number of amides is 1. The molecule has 2 aromatic rings. The molecule has 0 atom stereocenters. The Morgan fingerprint density at radius 1 is 1.12 bits per heavy atom.